The minimum atomic E-state index is -4.45. The van der Waals surface area contributed by atoms with Gasteiger partial charge in [0.15, 0.2) is 0 Å². The minimum absolute atomic E-state index is 0.161. The van der Waals surface area contributed by atoms with Crippen molar-refractivity contribution >= 4 is 39.0 Å². The summed E-state index contributed by atoms with van der Waals surface area (Å²) >= 11 is 1.72. The summed E-state index contributed by atoms with van der Waals surface area (Å²) in [5.41, 5.74) is 2.83. The molecule has 0 fully saturated rings. The molecule has 0 bridgehead atoms. The van der Waals surface area contributed by atoms with E-state index in [1.165, 1.54) is 27.8 Å². The van der Waals surface area contributed by atoms with E-state index in [2.05, 4.69) is 86.0 Å². The third-order valence-corrected chi connectivity index (χ3v) is 9.81. The molecule has 1 aliphatic rings. The molecule has 1 nitrogen and oxygen atoms in total. The van der Waals surface area contributed by atoms with Gasteiger partial charge in [0.2, 0.25) is 0 Å². The van der Waals surface area contributed by atoms with Gasteiger partial charge in [0, 0.05) is 16.9 Å². The van der Waals surface area contributed by atoms with Crippen molar-refractivity contribution in [3.8, 4) is 0 Å². The fourth-order valence-electron chi connectivity index (χ4n) is 6.51. The maximum absolute atomic E-state index is 14.3. The lowest BCUT2D eigenvalue weighted by Crippen LogP contribution is -2.30. The van der Waals surface area contributed by atoms with Crippen LogP contribution in [0.5, 0.6) is 0 Å². The van der Waals surface area contributed by atoms with Crippen LogP contribution < -0.4 is 4.90 Å². The van der Waals surface area contributed by atoms with Crippen LogP contribution in [0, 0.1) is 6.92 Å². The largest absolute Gasteiger partial charge is 0.416 e. The molecular formula is C38H34F3NS. The molecule has 1 unspecified atom stereocenters. The SMILES string of the molecule is C=C(/C=C1\Sc2c(ccc3ccccc23)N1CCC)C(C)(Cc1ccccc1C(F)(F)F)c1c(C)ccc2ccccc12. The molecule has 0 aromatic heterocycles. The summed E-state index contributed by atoms with van der Waals surface area (Å²) in [6, 6.07) is 30.9. The van der Waals surface area contributed by atoms with Gasteiger partial charge < -0.3 is 4.90 Å². The molecule has 5 heteroatoms. The molecule has 6 rings (SSSR count). The lowest BCUT2D eigenvalue weighted by molar-refractivity contribution is -0.138. The van der Waals surface area contributed by atoms with Crippen molar-refractivity contribution in [1.82, 2.24) is 0 Å². The van der Waals surface area contributed by atoms with Crippen molar-refractivity contribution in [3.63, 3.8) is 0 Å². The Morgan fingerprint density at radius 1 is 0.837 bits per heavy atom. The van der Waals surface area contributed by atoms with Gasteiger partial charge in [-0.1, -0.05) is 117 Å². The number of nitrogens with zero attached hydrogens (tertiary/aromatic N) is 1. The highest BCUT2D eigenvalue weighted by Gasteiger charge is 2.39. The zero-order valence-electron chi connectivity index (χ0n) is 24.6. The molecule has 1 heterocycles. The molecule has 0 spiro atoms. The second-order valence-corrected chi connectivity index (χ2v) is 12.6. The monoisotopic (exact) mass is 593 g/mol. The summed E-state index contributed by atoms with van der Waals surface area (Å²) < 4.78 is 42.8. The van der Waals surface area contributed by atoms with Gasteiger partial charge in [-0.2, -0.15) is 13.2 Å². The number of halogens is 3. The summed E-state index contributed by atoms with van der Waals surface area (Å²) in [5, 5.41) is 5.52. The first-order valence-electron chi connectivity index (χ1n) is 14.6. The van der Waals surface area contributed by atoms with E-state index in [-0.39, 0.29) is 12.0 Å². The third-order valence-electron chi connectivity index (χ3n) is 8.63. The van der Waals surface area contributed by atoms with Gasteiger partial charge in [-0.3, -0.25) is 0 Å². The molecule has 0 radical (unpaired) electrons. The Morgan fingerprint density at radius 3 is 2.19 bits per heavy atom. The molecule has 0 amide bonds. The molecule has 0 N–H and O–H groups in total. The highest BCUT2D eigenvalue weighted by atomic mass is 32.2. The zero-order valence-corrected chi connectivity index (χ0v) is 25.4. The van der Waals surface area contributed by atoms with Crippen molar-refractivity contribution in [2.24, 2.45) is 0 Å². The van der Waals surface area contributed by atoms with Crippen LogP contribution in [0.25, 0.3) is 21.5 Å². The molecule has 43 heavy (non-hydrogen) atoms. The Labute approximate surface area is 255 Å². The maximum atomic E-state index is 14.3. The van der Waals surface area contributed by atoms with Gasteiger partial charge in [-0.05, 0) is 81.8 Å². The summed E-state index contributed by atoms with van der Waals surface area (Å²) in [6.07, 6.45) is -1.22. The van der Waals surface area contributed by atoms with Crippen LogP contribution in [-0.4, -0.2) is 6.54 Å². The molecule has 0 aliphatic carbocycles. The second-order valence-electron chi connectivity index (χ2n) is 11.5. The summed E-state index contributed by atoms with van der Waals surface area (Å²) in [7, 11) is 0. The molecular weight excluding hydrogens is 559 g/mol. The van der Waals surface area contributed by atoms with Crippen LogP contribution >= 0.6 is 11.8 Å². The van der Waals surface area contributed by atoms with E-state index in [4.69, 9.17) is 0 Å². The van der Waals surface area contributed by atoms with E-state index in [0.717, 1.165) is 51.2 Å². The Balaban J connectivity index is 1.53. The summed E-state index contributed by atoms with van der Waals surface area (Å²) in [4.78, 5) is 3.54. The number of hydrogen-bond acceptors (Lipinski definition) is 2. The first kappa shape index (κ1) is 29.1. The summed E-state index contributed by atoms with van der Waals surface area (Å²) in [6.45, 7) is 11.7. The van der Waals surface area contributed by atoms with Crippen LogP contribution in [0.1, 0.15) is 42.5 Å². The molecule has 218 valence electrons. The number of allylic oxidation sites excluding steroid dienone is 2. The number of aryl methyl sites for hydroxylation is 1. The Bertz CT molecular complexity index is 1890. The Kier molecular flexibility index (Phi) is 7.64. The maximum Gasteiger partial charge on any atom is 0.416 e. The predicted molar refractivity (Wildman–Crippen MR) is 176 cm³/mol. The molecule has 0 saturated carbocycles. The fourth-order valence-corrected chi connectivity index (χ4v) is 7.80. The zero-order chi connectivity index (χ0) is 30.4. The number of fused-ring (bicyclic) bond motifs is 4. The van der Waals surface area contributed by atoms with Gasteiger partial charge >= 0.3 is 6.18 Å². The number of rotatable bonds is 7. The van der Waals surface area contributed by atoms with E-state index in [1.54, 1.807) is 23.9 Å². The van der Waals surface area contributed by atoms with E-state index in [0.29, 0.717) is 0 Å². The van der Waals surface area contributed by atoms with Gasteiger partial charge in [0.25, 0.3) is 0 Å². The highest BCUT2D eigenvalue weighted by molar-refractivity contribution is 8.04. The van der Waals surface area contributed by atoms with Crippen LogP contribution in [0.15, 0.2) is 125 Å². The number of benzene rings is 5. The highest BCUT2D eigenvalue weighted by Crippen LogP contribution is 2.51. The van der Waals surface area contributed by atoms with Gasteiger partial charge in [-0.25, -0.2) is 0 Å². The molecule has 5 aromatic rings. The second kappa shape index (κ2) is 11.3. The van der Waals surface area contributed by atoms with Crippen molar-refractivity contribution < 1.29 is 13.2 Å². The number of alkyl halides is 3. The number of thioether (sulfide) groups is 1. The number of hydrogen-bond donors (Lipinski definition) is 0. The van der Waals surface area contributed by atoms with E-state index < -0.39 is 17.2 Å². The molecule has 1 aliphatic heterocycles. The molecule has 0 saturated heterocycles. The Hall–Kier alpha value is -3.96. The number of anilines is 1. The first-order chi connectivity index (χ1) is 20.6. The lowest BCUT2D eigenvalue weighted by atomic mass is 9.68. The van der Waals surface area contributed by atoms with E-state index in [1.807, 2.05) is 25.1 Å². The topological polar surface area (TPSA) is 3.24 Å². The fraction of sp³-hybridized carbons (Fsp3) is 0.211. The van der Waals surface area contributed by atoms with E-state index in [9.17, 15) is 13.2 Å². The van der Waals surface area contributed by atoms with Gasteiger partial charge in [0.05, 0.1) is 16.3 Å². The smallest absolute Gasteiger partial charge is 0.335 e. The molecule has 1 atom stereocenters. The van der Waals surface area contributed by atoms with Gasteiger partial charge in [0.1, 0.15) is 0 Å². The molecule has 5 aromatic carbocycles. The van der Waals surface area contributed by atoms with Crippen molar-refractivity contribution in [3.05, 3.63) is 143 Å². The average Bonchev–Trinajstić information content (AvgIpc) is 3.34. The predicted octanol–water partition coefficient (Wildman–Crippen LogP) is 11.2. The van der Waals surface area contributed by atoms with Crippen LogP contribution in [-0.2, 0) is 18.0 Å². The average molecular weight is 594 g/mol. The Morgan fingerprint density at radius 2 is 1.47 bits per heavy atom. The minimum Gasteiger partial charge on any atom is -0.335 e. The van der Waals surface area contributed by atoms with Gasteiger partial charge in [-0.15, -0.1) is 0 Å². The van der Waals surface area contributed by atoms with Crippen LogP contribution in [0.3, 0.4) is 0 Å². The van der Waals surface area contributed by atoms with Crippen molar-refractivity contribution in [1.29, 1.82) is 0 Å². The standard InChI is InChI=1S/C38H34F3NS/c1-5-22-42-33-21-20-28-13-7-10-16-31(28)36(33)43-34(42)23-26(3)37(4,24-29-14-8-11-17-32(29)38(39,40)41)35-25(2)18-19-27-12-6-9-15-30(27)35/h6-21,23H,3,5,22,24H2,1-2,4H3/b34-23-. The van der Waals surface area contributed by atoms with Crippen molar-refractivity contribution in [2.75, 3.05) is 11.4 Å². The third kappa shape index (κ3) is 5.25. The quantitative estimate of drug-likeness (QED) is 0.185. The summed E-state index contributed by atoms with van der Waals surface area (Å²) in [5.74, 6) is 0. The lowest BCUT2D eigenvalue weighted by Gasteiger charge is -2.35. The van der Waals surface area contributed by atoms with Crippen LogP contribution in [0.2, 0.25) is 0 Å². The van der Waals surface area contributed by atoms with Crippen molar-refractivity contribution in [2.45, 2.75) is 50.1 Å². The van der Waals surface area contributed by atoms with E-state index >= 15 is 0 Å². The first-order valence-corrected chi connectivity index (χ1v) is 15.5. The van der Waals surface area contributed by atoms with Crippen LogP contribution in [0.4, 0.5) is 18.9 Å². The normalized spacial score (nSPS) is 15.7.